The van der Waals surface area contributed by atoms with Crippen molar-refractivity contribution in [2.24, 2.45) is 0 Å². The molecule has 0 amide bonds. The number of carbonyl (C=O) groups excluding carboxylic acids is 1. The second kappa shape index (κ2) is 4.41. The van der Waals surface area contributed by atoms with Crippen molar-refractivity contribution in [1.29, 1.82) is 0 Å². The minimum atomic E-state index is 0.284. The average molecular weight is 167 g/mol. The van der Waals surface area contributed by atoms with Crippen molar-refractivity contribution in [1.82, 2.24) is 4.90 Å². The van der Waals surface area contributed by atoms with E-state index in [-0.39, 0.29) is 5.78 Å². The van der Waals surface area contributed by atoms with E-state index >= 15 is 0 Å². The Morgan fingerprint density at radius 2 is 2.42 bits per heavy atom. The molecule has 0 radical (unpaired) electrons. The maximum absolute atomic E-state index is 10.7. The van der Waals surface area contributed by atoms with E-state index in [0.29, 0.717) is 6.42 Å². The molecule has 0 aromatic carbocycles. The van der Waals surface area contributed by atoms with Crippen molar-refractivity contribution < 1.29 is 4.79 Å². The lowest BCUT2D eigenvalue weighted by atomic mass is 10.1. The summed E-state index contributed by atoms with van der Waals surface area (Å²) in [6, 6.07) is 0. The van der Waals surface area contributed by atoms with Gasteiger partial charge in [-0.2, -0.15) is 0 Å². The zero-order valence-corrected chi connectivity index (χ0v) is 7.81. The first-order valence-corrected chi connectivity index (χ1v) is 4.57. The first-order chi connectivity index (χ1) is 5.68. The quantitative estimate of drug-likeness (QED) is 0.595. The third-order valence-electron chi connectivity index (χ3n) is 2.23. The molecule has 68 valence electrons. The van der Waals surface area contributed by atoms with Crippen molar-refractivity contribution in [3.63, 3.8) is 0 Å². The second-order valence-electron chi connectivity index (χ2n) is 3.58. The van der Waals surface area contributed by atoms with Gasteiger partial charge < -0.3 is 0 Å². The Hall–Kier alpha value is -0.630. The van der Waals surface area contributed by atoms with Crippen LogP contribution in [0.4, 0.5) is 0 Å². The van der Waals surface area contributed by atoms with E-state index in [4.69, 9.17) is 0 Å². The number of piperidine rings is 1. The van der Waals surface area contributed by atoms with Crippen LogP contribution in [0.3, 0.4) is 0 Å². The maximum atomic E-state index is 10.7. The number of hydrogen-bond donors (Lipinski definition) is 0. The van der Waals surface area contributed by atoms with Crippen molar-refractivity contribution in [2.45, 2.75) is 26.2 Å². The van der Waals surface area contributed by atoms with Crippen LogP contribution in [0, 0.1) is 0 Å². The lowest BCUT2D eigenvalue weighted by Gasteiger charge is -2.27. The monoisotopic (exact) mass is 167 g/mol. The molecule has 0 aromatic heterocycles. The summed E-state index contributed by atoms with van der Waals surface area (Å²) in [7, 11) is 0. The Kier molecular flexibility index (Phi) is 3.48. The summed E-state index contributed by atoms with van der Waals surface area (Å²) in [6.45, 7) is 8.65. The van der Waals surface area contributed by atoms with Crippen molar-refractivity contribution in [3.8, 4) is 0 Å². The van der Waals surface area contributed by atoms with Crippen molar-refractivity contribution in [2.75, 3.05) is 19.6 Å². The number of ketones is 1. The van der Waals surface area contributed by atoms with Gasteiger partial charge in [-0.25, -0.2) is 0 Å². The van der Waals surface area contributed by atoms with E-state index in [1.807, 2.05) is 0 Å². The van der Waals surface area contributed by atoms with Crippen LogP contribution in [-0.4, -0.2) is 30.3 Å². The molecule has 1 heterocycles. The molecule has 2 heteroatoms. The smallest absolute Gasteiger partial charge is 0.131 e. The van der Waals surface area contributed by atoms with E-state index in [9.17, 15) is 4.79 Å². The molecule has 1 aliphatic rings. The predicted octanol–water partition coefficient (Wildman–Crippen LogP) is 1.62. The normalized spacial score (nSPS) is 19.6. The lowest BCUT2D eigenvalue weighted by molar-refractivity contribution is -0.117. The predicted molar refractivity (Wildman–Crippen MR) is 50.1 cm³/mol. The molecular formula is C10H17NO. The first-order valence-electron chi connectivity index (χ1n) is 4.57. The Morgan fingerprint density at radius 1 is 1.67 bits per heavy atom. The number of rotatable bonds is 3. The van der Waals surface area contributed by atoms with E-state index in [1.54, 1.807) is 6.92 Å². The minimum absolute atomic E-state index is 0.284. The summed E-state index contributed by atoms with van der Waals surface area (Å²) in [5.41, 5.74) is 1.31. The maximum Gasteiger partial charge on any atom is 0.131 e. The zero-order chi connectivity index (χ0) is 8.97. The lowest BCUT2D eigenvalue weighted by Crippen LogP contribution is -2.32. The molecule has 0 unspecified atom stereocenters. The average Bonchev–Trinajstić information content (AvgIpc) is 2.01. The van der Waals surface area contributed by atoms with Gasteiger partial charge >= 0.3 is 0 Å². The van der Waals surface area contributed by atoms with Gasteiger partial charge in [-0.05, 0) is 26.3 Å². The van der Waals surface area contributed by atoms with Crippen molar-refractivity contribution in [3.05, 3.63) is 12.2 Å². The molecule has 1 aliphatic heterocycles. The molecule has 1 saturated heterocycles. The van der Waals surface area contributed by atoms with Crippen LogP contribution >= 0.6 is 0 Å². The highest BCUT2D eigenvalue weighted by Gasteiger charge is 2.12. The molecule has 0 bridgehead atoms. The fraction of sp³-hybridized carbons (Fsp3) is 0.700. The first kappa shape index (κ1) is 9.46. The van der Waals surface area contributed by atoms with Gasteiger partial charge in [0.2, 0.25) is 0 Å². The Morgan fingerprint density at radius 3 is 3.00 bits per heavy atom. The van der Waals surface area contributed by atoms with Crippen LogP contribution in [-0.2, 0) is 4.79 Å². The van der Waals surface area contributed by atoms with Crippen LogP contribution in [0.2, 0.25) is 0 Å². The van der Waals surface area contributed by atoms with E-state index < -0.39 is 0 Å². The third kappa shape index (κ3) is 3.18. The summed E-state index contributed by atoms with van der Waals surface area (Å²) in [5.74, 6) is 0.284. The van der Waals surface area contributed by atoms with E-state index in [0.717, 1.165) is 26.1 Å². The summed E-state index contributed by atoms with van der Waals surface area (Å²) in [4.78, 5) is 13.0. The summed E-state index contributed by atoms with van der Waals surface area (Å²) in [6.07, 6.45) is 3.06. The third-order valence-corrected chi connectivity index (χ3v) is 2.23. The van der Waals surface area contributed by atoms with Crippen molar-refractivity contribution >= 4 is 5.78 Å². The van der Waals surface area contributed by atoms with Gasteiger partial charge in [0.25, 0.3) is 0 Å². The Bertz CT molecular complexity index is 186. The molecule has 0 saturated carbocycles. The summed E-state index contributed by atoms with van der Waals surface area (Å²) in [5, 5.41) is 0. The largest absolute Gasteiger partial charge is 0.300 e. The molecule has 0 spiro atoms. The topological polar surface area (TPSA) is 20.3 Å². The van der Waals surface area contributed by atoms with Gasteiger partial charge in [-0.15, -0.1) is 0 Å². The second-order valence-corrected chi connectivity index (χ2v) is 3.58. The highest BCUT2D eigenvalue weighted by atomic mass is 16.1. The molecule has 2 nitrogen and oxygen atoms in total. The zero-order valence-electron chi connectivity index (χ0n) is 7.81. The Labute approximate surface area is 74.2 Å². The van der Waals surface area contributed by atoms with Gasteiger partial charge in [0.15, 0.2) is 0 Å². The highest BCUT2D eigenvalue weighted by molar-refractivity contribution is 5.75. The van der Waals surface area contributed by atoms with Gasteiger partial charge in [-0.1, -0.05) is 12.2 Å². The van der Waals surface area contributed by atoms with E-state index in [1.165, 1.54) is 12.0 Å². The number of likely N-dealkylation sites (tertiary alicyclic amines) is 1. The molecule has 1 rings (SSSR count). The van der Waals surface area contributed by atoms with Gasteiger partial charge in [0, 0.05) is 19.5 Å². The molecular weight excluding hydrogens is 150 g/mol. The van der Waals surface area contributed by atoms with Gasteiger partial charge in [-0.3, -0.25) is 9.69 Å². The fourth-order valence-electron chi connectivity index (χ4n) is 1.53. The van der Waals surface area contributed by atoms with E-state index in [2.05, 4.69) is 11.5 Å². The summed E-state index contributed by atoms with van der Waals surface area (Å²) < 4.78 is 0. The Balaban J connectivity index is 2.23. The molecule has 12 heavy (non-hydrogen) atoms. The number of carbonyl (C=O) groups is 1. The van der Waals surface area contributed by atoms with Gasteiger partial charge in [0.05, 0.1) is 0 Å². The van der Waals surface area contributed by atoms with Crippen LogP contribution in [0.15, 0.2) is 12.2 Å². The fourth-order valence-corrected chi connectivity index (χ4v) is 1.53. The van der Waals surface area contributed by atoms with Crippen LogP contribution in [0.5, 0.6) is 0 Å². The number of hydrogen-bond acceptors (Lipinski definition) is 2. The number of Topliss-reactive ketones (excluding diaryl/α,β-unsaturated/α-hetero) is 1. The molecule has 0 aliphatic carbocycles. The van der Waals surface area contributed by atoms with Crippen LogP contribution in [0.1, 0.15) is 26.2 Å². The minimum Gasteiger partial charge on any atom is -0.300 e. The molecule has 0 atom stereocenters. The standard InChI is InChI=1S/C10H17NO/c1-9-4-3-6-11(8-9)7-5-10(2)12/h1,3-8H2,2H3. The van der Waals surface area contributed by atoms with Gasteiger partial charge in [0.1, 0.15) is 5.78 Å². The molecule has 0 aromatic rings. The molecule has 0 N–H and O–H groups in total. The van der Waals surface area contributed by atoms with Crippen LogP contribution in [0.25, 0.3) is 0 Å². The summed E-state index contributed by atoms with van der Waals surface area (Å²) >= 11 is 0. The van der Waals surface area contributed by atoms with Crippen LogP contribution < -0.4 is 0 Å². The highest BCUT2D eigenvalue weighted by Crippen LogP contribution is 2.13. The molecule has 1 fully saturated rings. The number of nitrogens with zero attached hydrogens (tertiary/aromatic N) is 1. The SMILES string of the molecule is C=C1CCCN(CCC(C)=O)C1.